The second kappa shape index (κ2) is 21.8. The third-order valence-electron chi connectivity index (χ3n) is 13.1. The third-order valence-corrected chi connectivity index (χ3v) is 15.0. The number of imide groups is 1. The molecule has 1 unspecified atom stereocenters. The number of sulfonamides is 1. The van der Waals surface area contributed by atoms with Crippen LogP contribution in [0.1, 0.15) is 87.7 Å². The summed E-state index contributed by atoms with van der Waals surface area (Å²) in [5, 5.41) is 22.3. The molecule has 3 aromatic carbocycles. The number of anilines is 2. The van der Waals surface area contributed by atoms with E-state index in [2.05, 4.69) is 37.4 Å². The monoisotopic (exact) mass is 980 g/mol. The highest BCUT2D eigenvalue weighted by molar-refractivity contribution is 7.93. The molecule has 17 nitrogen and oxygen atoms in total. The van der Waals surface area contributed by atoms with Gasteiger partial charge in [-0.2, -0.15) is 18.4 Å². The maximum Gasteiger partial charge on any atom is 0.490 e. The van der Waals surface area contributed by atoms with E-state index in [-0.39, 0.29) is 45.7 Å². The predicted molar refractivity (Wildman–Crippen MR) is 244 cm³/mol. The van der Waals surface area contributed by atoms with Crippen LogP contribution in [-0.2, 0) is 35.7 Å². The van der Waals surface area contributed by atoms with E-state index >= 15 is 4.39 Å². The Morgan fingerprint density at radius 2 is 1.61 bits per heavy atom. The molecule has 3 aliphatic heterocycles. The standard InChI is InChI=1S/C45H51FN8O7S.C2HF3O2/c46-37-10-12-39(51-62(59,60)34-3-1-2-4-34)36(26-47)43(37)61-33-9-11-38-35(25-33)45(58)54(28-48-38)24-17-29-15-22-53(23-16-29)42(56)27-52-20-18-31(19-21-52)30-5-7-32(8-6-30)49-40-13-14-41(55)50-44(40)57;3-2(4,5)1(6)7/h5-12,25,28-29,31,34,40,49,51H,1-4,13-24,27H2,(H,50,55,57);(H,6,7). The second-order valence-electron chi connectivity index (χ2n) is 17.7. The molecule has 0 radical (unpaired) electrons. The highest BCUT2D eigenvalue weighted by Crippen LogP contribution is 2.36. The number of nitrogens with zero attached hydrogens (tertiary/aromatic N) is 5. The Balaban J connectivity index is 0.000000933. The zero-order chi connectivity index (χ0) is 49.5. The molecule has 368 valence electrons. The van der Waals surface area contributed by atoms with Crippen molar-refractivity contribution in [3.05, 3.63) is 88.2 Å². The average Bonchev–Trinajstić information content (AvgIpc) is 3.89. The number of piperidine rings is 3. The molecule has 0 spiro atoms. The van der Waals surface area contributed by atoms with Gasteiger partial charge in [-0.1, -0.05) is 25.0 Å². The number of hydrogen-bond acceptors (Lipinski definition) is 12. The summed E-state index contributed by atoms with van der Waals surface area (Å²) >= 11 is 0. The predicted octanol–water partition coefficient (Wildman–Crippen LogP) is 6.24. The minimum atomic E-state index is -5.08. The van der Waals surface area contributed by atoms with E-state index in [1.165, 1.54) is 30.1 Å². The third kappa shape index (κ3) is 12.7. The Kier molecular flexibility index (Phi) is 15.9. The van der Waals surface area contributed by atoms with Gasteiger partial charge in [-0.15, -0.1) is 0 Å². The van der Waals surface area contributed by atoms with E-state index in [9.17, 15) is 46.0 Å². The van der Waals surface area contributed by atoms with Crippen molar-refractivity contribution in [2.75, 3.05) is 42.8 Å². The van der Waals surface area contributed by atoms with Crippen LogP contribution in [0.25, 0.3) is 10.9 Å². The lowest BCUT2D eigenvalue weighted by Gasteiger charge is -2.36. The fraction of sp³-hybridized carbons (Fsp3) is 0.468. The number of halogens is 4. The first kappa shape index (κ1) is 50.3. The Bertz CT molecular complexity index is 2760. The van der Waals surface area contributed by atoms with Crippen LogP contribution in [-0.4, -0.2) is 107 Å². The van der Waals surface area contributed by atoms with Gasteiger partial charge in [0.25, 0.3) is 5.56 Å². The molecule has 1 aromatic heterocycles. The number of fused-ring (bicyclic) bond motifs is 1. The van der Waals surface area contributed by atoms with Crippen LogP contribution in [0, 0.1) is 23.1 Å². The number of carbonyl (C=O) groups is 4. The number of benzene rings is 3. The molecule has 1 saturated carbocycles. The molecule has 4 fully saturated rings. The van der Waals surface area contributed by atoms with Crippen molar-refractivity contribution in [2.24, 2.45) is 5.92 Å². The van der Waals surface area contributed by atoms with Crippen molar-refractivity contribution < 1.29 is 55.0 Å². The van der Waals surface area contributed by atoms with E-state index in [1.807, 2.05) is 23.1 Å². The molecule has 3 saturated heterocycles. The minimum absolute atomic E-state index is 0.0729. The zero-order valence-electron chi connectivity index (χ0n) is 37.5. The summed E-state index contributed by atoms with van der Waals surface area (Å²) in [6.07, 6.45) is 4.16. The van der Waals surface area contributed by atoms with Gasteiger partial charge in [0.15, 0.2) is 11.6 Å². The van der Waals surface area contributed by atoms with Gasteiger partial charge in [0.1, 0.15) is 23.4 Å². The highest BCUT2D eigenvalue weighted by Gasteiger charge is 2.38. The molecule has 4 heterocycles. The molecule has 4 N–H and O–H groups in total. The van der Waals surface area contributed by atoms with Crippen molar-refractivity contribution in [3.63, 3.8) is 0 Å². The lowest BCUT2D eigenvalue weighted by Crippen LogP contribution is -2.47. The topological polar surface area (TPSA) is 233 Å². The van der Waals surface area contributed by atoms with Crippen LogP contribution in [0.4, 0.5) is 28.9 Å². The molecule has 0 bridgehead atoms. The summed E-state index contributed by atoms with van der Waals surface area (Å²) in [5.41, 5.74) is 1.83. The minimum Gasteiger partial charge on any atom is -0.475 e. The summed E-state index contributed by atoms with van der Waals surface area (Å²) in [6.45, 7) is 3.81. The average molecular weight is 981 g/mol. The molecule has 8 rings (SSSR count). The Hall–Kier alpha value is -6.60. The number of hydrogen-bond donors (Lipinski definition) is 4. The van der Waals surface area contributed by atoms with Crippen molar-refractivity contribution in [3.8, 4) is 17.6 Å². The number of ether oxygens (including phenoxy) is 1. The molecular formula is C47H52F4N8O9S. The van der Waals surface area contributed by atoms with Gasteiger partial charge in [0.2, 0.25) is 27.7 Å². The number of aryl methyl sites for hydroxylation is 1. The maximum atomic E-state index is 15.1. The lowest BCUT2D eigenvalue weighted by molar-refractivity contribution is -0.192. The van der Waals surface area contributed by atoms with E-state index in [1.54, 1.807) is 10.6 Å². The number of nitrogens with one attached hydrogen (secondary N) is 3. The first-order valence-electron chi connectivity index (χ1n) is 22.8. The molecule has 4 aliphatic rings. The van der Waals surface area contributed by atoms with Gasteiger partial charge in [0, 0.05) is 31.7 Å². The molecule has 1 aliphatic carbocycles. The summed E-state index contributed by atoms with van der Waals surface area (Å²) in [5.74, 6) is -3.64. The number of amides is 3. The Labute approximate surface area is 394 Å². The fourth-order valence-electron chi connectivity index (χ4n) is 9.16. The first-order valence-corrected chi connectivity index (χ1v) is 24.3. The number of carboxylic acids is 1. The molecule has 22 heteroatoms. The summed E-state index contributed by atoms with van der Waals surface area (Å²) in [7, 11) is -3.79. The fourth-order valence-corrected chi connectivity index (χ4v) is 10.8. The van der Waals surface area contributed by atoms with Gasteiger partial charge in [-0.25, -0.2) is 22.6 Å². The summed E-state index contributed by atoms with van der Waals surface area (Å²) in [4.78, 5) is 68.1. The van der Waals surface area contributed by atoms with E-state index in [0.717, 1.165) is 69.8 Å². The maximum absolute atomic E-state index is 15.1. The number of aromatic nitrogens is 2. The number of nitriles is 1. The largest absolute Gasteiger partial charge is 0.490 e. The molecule has 4 aromatic rings. The van der Waals surface area contributed by atoms with Crippen LogP contribution in [0.5, 0.6) is 11.5 Å². The molecular weight excluding hydrogens is 929 g/mol. The van der Waals surface area contributed by atoms with Crippen LogP contribution >= 0.6 is 0 Å². The Morgan fingerprint density at radius 3 is 2.25 bits per heavy atom. The Morgan fingerprint density at radius 1 is 0.928 bits per heavy atom. The summed E-state index contributed by atoms with van der Waals surface area (Å²) < 4.78 is 82.6. The van der Waals surface area contributed by atoms with Gasteiger partial charge in [-0.05, 0) is 124 Å². The van der Waals surface area contributed by atoms with Crippen molar-refractivity contribution >= 4 is 56.0 Å². The number of rotatable bonds is 13. The van der Waals surface area contributed by atoms with E-state index in [0.29, 0.717) is 69.2 Å². The number of alkyl halides is 3. The van der Waals surface area contributed by atoms with Gasteiger partial charge >= 0.3 is 12.1 Å². The van der Waals surface area contributed by atoms with E-state index < -0.39 is 45.0 Å². The van der Waals surface area contributed by atoms with Crippen LogP contribution < -0.4 is 25.7 Å². The number of carbonyl (C=O) groups excluding carboxylic acids is 3. The SMILES string of the molecule is N#Cc1c(NS(=O)(=O)C2CCCC2)ccc(F)c1Oc1ccc2ncn(CCC3CCN(C(=O)CN4CCC(c5ccc(NC6CCC(=O)NC6=O)cc5)CC4)CC3)c(=O)c2c1.O=C(O)C(F)(F)F. The smallest absolute Gasteiger partial charge is 0.475 e. The highest BCUT2D eigenvalue weighted by atomic mass is 32.2. The number of likely N-dealkylation sites (tertiary alicyclic amines) is 2. The first-order chi connectivity index (χ1) is 32.9. The number of carboxylic acid groups (broad SMARTS) is 1. The normalized spacial score (nSPS) is 18.8. The van der Waals surface area contributed by atoms with Crippen LogP contribution in [0.2, 0.25) is 0 Å². The molecule has 1 atom stereocenters. The molecule has 69 heavy (non-hydrogen) atoms. The van der Waals surface area contributed by atoms with Crippen LogP contribution in [0.3, 0.4) is 0 Å². The van der Waals surface area contributed by atoms with Crippen molar-refractivity contribution in [2.45, 2.75) is 101 Å². The van der Waals surface area contributed by atoms with Gasteiger partial charge in [0.05, 0.1) is 34.7 Å². The molecule has 3 amide bonds. The number of aliphatic carboxylic acids is 1. The van der Waals surface area contributed by atoms with E-state index in [4.69, 9.17) is 14.6 Å². The van der Waals surface area contributed by atoms with Gasteiger partial charge < -0.3 is 20.1 Å². The summed E-state index contributed by atoms with van der Waals surface area (Å²) in [6, 6.07) is 16.4. The van der Waals surface area contributed by atoms with Crippen molar-refractivity contribution in [1.29, 1.82) is 5.26 Å². The quantitative estimate of drug-likeness (QED) is 0.0859. The second-order valence-corrected chi connectivity index (χ2v) is 19.7. The van der Waals surface area contributed by atoms with Crippen molar-refractivity contribution in [1.82, 2.24) is 24.7 Å². The van der Waals surface area contributed by atoms with Gasteiger partial charge in [-0.3, -0.25) is 38.7 Å². The lowest BCUT2D eigenvalue weighted by atomic mass is 9.89. The van der Waals surface area contributed by atoms with Crippen LogP contribution in [0.15, 0.2) is 65.7 Å². The zero-order valence-corrected chi connectivity index (χ0v) is 38.3.